The Morgan fingerprint density at radius 2 is 2.19 bits per heavy atom. The number of carbonyl (C=O) groups excluding carboxylic acids is 2. The van der Waals surface area contributed by atoms with Crippen molar-refractivity contribution in [3.63, 3.8) is 0 Å². The summed E-state index contributed by atoms with van der Waals surface area (Å²) in [6.45, 7) is 1.26. The van der Waals surface area contributed by atoms with Gasteiger partial charge in [0, 0.05) is 6.92 Å². The molecule has 0 radical (unpaired) electrons. The van der Waals surface area contributed by atoms with E-state index in [2.05, 4.69) is 5.10 Å². The van der Waals surface area contributed by atoms with Crippen LogP contribution < -0.4 is 21.3 Å². The number of carbonyl (C=O) groups is 2. The van der Waals surface area contributed by atoms with Crippen molar-refractivity contribution in [3.05, 3.63) is 40.2 Å². The molecule has 0 bridgehead atoms. The minimum atomic E-state index is -0.853. The van der Waals surface area contributed by atoms with E-state index in [0.717, 1.165) is 6.21 Å². The highest BCUT2D eigenvalue weighted by molar-refractivity contribution is 5.87. The zero-order valence-corrected chi connectivity index (χ0v) is 11.0. The van der Waals surface area contributed by atoms with Gasteiger partial charge in [-0.05, 0) is 18.2 Å². The highest BCUT2D eigenvalue weighted by Gasteiger charge is 2.08. The number of amides is 2. The van der Waals surface area contributed by atoms with Crippen molar-refractivity contribution in [2.45, 2.75) is 6.92 Å². The number of fused-ring (bicyclic) bond motifs is 1. The number of hydrogen-bond acceptors (Lipinski definition) is 6. The van der Waals surface area contributed by atoms with Crippen LogP contribution in [0.3, 0.4) is 0 Å². The number of primary amides is 1. The minimum Gasteiger partial charge on any atom is -0.463 e. The number of hydrogen-bond donors (Lipinski definition) is 2. The van der Waals surface area contributed by atoms with Crippen LogP contribution in [0, 0.1) is 0 Å². The van der Waals surface area contributed by atoms with Gasteiger partial charge >= 0.3 is 12.0 Å². The van der Waals surface area contributed by atoms with E-state index in [1.54, 1.807) is 0 Å². The van der Waals surface area contributed by atoms with Gasteiger partial charge in [-0.2, -0.15) is 5.10 Å². The Hall–Kier alpha value is -3.16. The number of nitrogens with zero attached hydrogens (tertiary/aromatic N) is 1. The Balaban J connectivity index is 2.44. The average molecular weight is 289 g/mol. The van der Waals surface area contributed by atoms with Crippen molar-refractivity contribution in [3.8, 4) is 5.75 Å². The Bertz CT molecular complexity index is 794. The first-order valence-corrected chi connectivity index (χ1v) is 5.80. The molecular weight excluding hydrogens is 278 g/mol. The number of ether oxygens (including phenoxy) is 1. The predicted octanol–water partition coefficient (Wildman–Crippen LogP) is 0.721. The van der Waals surface area contributed by atoms with Crippen LogP contribution in [0.4, 0.5) is 4.79 Å². The first-order chi connectivity index (χ1) is 9.97. The molecule has 2 amide bonds. The fourth-order valence-electron chi connectivity index (χ4n) is 1.61. The summed E-state index contributed by atoms with van der Waals surface area (Å²) in [6, 6.07) is 3.56. The van der Waals surface area contributed by atoms with Crippen molar-refractivity contribution in [1.29, 1.82) is 0 Å². The first-order valence-electron chi connectivity index (χ1n) is 5.80. The van der Waals surface area contributed by atoms with Crippen LogP contribution in [0.1, 0.15) is 12.5 Å². The topological polar surface area (TPSA) is 124 Å². The molecule has 0 spiro atoms. The van der Waals surface area contributed by atoms with Crippen LogP contribution in [-0.2, 0) is 4.79 Å². The zero-order valence-electron chi connectivity index (χ0n) is 11.0. The Labute approximate surface area is 118 Å². The van der Waals surface area contributed by atoms with Gasteiger partial charge in [0.05, 0.1) is 17.2 Å². The number of nitrogens with one attached hydrogen (secondary N) is 1. The second-order valence-electron chi connectivity index (χ2n) is 4.01. The standard InChI is InChI=1S/C13H11N3O5/c1-7(17)21-9-2-3-11-10(4-9)12(18)8(6-20-11)5-15-16-13(14)19/h2-6H,1H3,(H3,14,16,19)/b15-5-. The molecule has 0 aliphatic carbocycles. The minimum absolute atomic E-state index is 0.108. The molecule has 2 aromatic rings. The quantitative estimate of drug-likeness (QED) is 0.373. The fraction of sp³-hybridized carbons (Fsp3) is 0.0769. The van der Waals surface area contributed by atoms with E-state index in [9.17, 15) is 14.4 Å². The lowest BCUT2D eigenvalue weighted by atomic mass is 10.2. The monoisotopic (exact) mass is 289 g/mol. The van der Waals surface area contributed by atoms with Gasteiger partial charge in [0.15, 0.2) is 0 Å². The van der Waals surface area contributed by atoms with Crippen LogP contribution in [0.25, 0.3) is 11.0 Å². The van der Waals surface area contributed by atoms with Gasteiger partial charge in [-0.25, -0.2) is 10.2 Å². The fourth-order valence-corrected chi connectivity index (χ4v) is 1.61. The summed E-state index contributed by atoms with van der Waals surface area (Å²) in [5.74, 6) is -0.270. The van der Waals surface area contributed by atoms with E-state index in [1.807, 2.05) is 5.43 Å². The molecule has 1 heterocycles. The van der Waals surface area contributed by atoms with E-state index in [0.29, 0.717) is 5.58 Å². The smallest absolute Gasteiger partial charge is 0.332 e. The molecule has 0 atom stereocenters. The third-order valence-electron chi connectivity index (χ3n) is 2.41. The Kier molecular flexibility index (Phi) is 3.98. The van der Waals surface area contributed by atoms with Gasteiger partial charge < -0.3 is 14.9 Å². The summed E-state index contributed by atoms with van der Waals surface area (Å²) in [4.78, 5) is 33.6. The second-order valence-corrected chi connectivity index (χ2v) is 4.01. The lowest BCUT2D eigenvalue weighted by Gasteiger charge is -2.03. The molecule has 0 aliphatic rings. The summed E-state index contributed by atoms with van der Waals surface area (Å²) in [7, 11) is 0. The lowest BCUT2D eigenvalue weighted by Crippen LogP contribution is -2.24. The summed E-state index contributed by atoms with van der Waals surface area (Å²) in [6.07, 6.45) is 2.30. The second kappa shape index (κ2) is 5.87. The van der Waals surface area contributed by atoms with Crippen LogP contribution in [-0.4, -0.2) is 18.2 Å². The normalized spacial score (nSPS) is 10.7. The van der Waals surface area contributed by atoms with Crippen LogP contribution in [0.2, 0.25) is 0 Å². The van der Waals surface area contributed by atoms with Crippen molar-refractivity contribution >= 4 is 29.2 Å². The number of hydrazone groups is 1. The Morgan fingerprint density at radius 3 is 2.86 bits per heavy atom. The van der Waals surface area contributed by atoms with Gasteiger partial charge in [-0.3, -0.25) is 9.59 Å². The first kappa shape index (κ1) is 14.3. The molecule has 0 fully saturated rings. The van der Waals surface area contributed by atoms with Crippen molar-refractivity contribution in [2.75, 3.05) is 0 Å². The largest absolute Gasteiger partial charge is 0.463 e. The molecule has 108 valence electrons. The van der Waals surface area contributed by atoms with Gasteiger partial charge in [0.2, 0.25) is 5.43 Å². The maximum atomic E-state index is 12.2. The summed E-state index contributed by atoms with van der Waals surface area (Å²) in [5, 5.41) is 3.70. The van der Waals surface area contributed by atoms with E-state index in [-0.39, 0.29) is 22.1 Å². The molecule has 0 saturated heterocycles. The molecule has 21 heavy (non-hydrogen) atoms. The van der Waals surface area contributed by atoms with Gasteiger partial charge in [-0.1, -0.05) is 0 Å². The molecule has 3 N–H and O–H groups in total. The van der Waals surface area contributed by atoms with Crippen LogP contribution in [0.5, 0.6) is 5.75 Å². The molecule has 0 unspecified atom stereocenters. The molecule has 0 aliphatic heterocycles. The van der Waals surface area contributed by atoms with E-state index < -0.39 is 12.0 Å². The lowest BCUT2D eigenvalue weighted by molar-refractivity contribution is -0.131. The van der Waals surface area contributed by atoms with Gasteiger partial charge in [0.25, 0.3) is 0 Å². The summed E-state index contributed by atoms with van der Waals surface area (Å²) in [5.41, 5.74) is 6.85. The number of urea groups is 1. The molecule has 1 aromatic carbocycles. The maximum Gasteiger partial charge on any atom is 0.332 e. The van der Waals surface area contributed by atoms with Crippen molar-refractivity contribution in [2.24, 2.45) is 10.8 Å². The number of rotatable bonds is 3. The van der Waals surface area contributed by atoms with E-state index in [1.165, 1.54) is 31.4 Å². The predicted molar refractivity (Wildman–Crippen MR) is 74.1 cm³/mol. The highest BCUT2D eigenvalue weighted by atomic mass is 16.5. The molecule has 8 heteroatoms. The number of nitrogens with two attached hydrogens (primary N) is 1. The van der Waals surface area contributed by atoms with Gasteiger partial charge in [-0.15, -0.1) is 0 Å². The summed E-state index contributed by atoms with van der Waals surface area (Å²) >= 11 is 0. The number of benzene rings is 1. The van der Waals surface area contributed by atoms with Crippen molar-refractivity contribution in [1.82, 2.24) is 5.43 Å². The highest BCUT2D eigenvalue weighted by Crippen LogP contribution is 2.18. The molecule has 0 saturated carbocycles. The summed E-state index contributed by atoms with van der Waals surface area (Å²) < 4.78 is 10.2. The van der Waals surface area contributed by atoms with E-state index >= 15 is 0 Å². The third kappa shape index (κ3) is 3.44. The molecule has 8 nitrogen and oxygen atoms in total. The third-order valence-corrected chi connectivity index (χ3v) is 2.41. The maximum absolute atomic E-state index is 12.2. The number of esters is 1. The van der Waals surface area contributed by atoms with E-state index in [4.69, 9.17) is 14.9 Å². The van der Waals surface area contributed by atoms with Gasteiger partial charge in [0.1, 0.15) is 17.6 Å². The van der Waals surface area contributed by atoms with Crippen LogP contribution >= 0.6 is 0 Å². The van der Waals surface area contributed by atoms with Crippen LogP contribution in [0.15, 0.2) is 38.8 Å². The molecule has 2 rings (SSSR count). The molecule has 1 aromatic heterocycles. The SMILES string of the molecule is CC(=O)Oc1ccc2occ(/C=N\NC(N)=O)c(=O)c2c1. The zero-order chi connectivity index (χ0) is 15.4. The molecular formula is C13H11N3O5. The average Bonchev–Trinajstić information content (AvgIpc) is 2.41. The van der Waals surface area contributed by atoms with Crippen molar-refractivity contribution < 1.29 is 18.7 Å². The Morgan fingerprint density at radius 1 is 1.43 bits per heavy atom.